The maximum atomic E-state index is 12.4. The number of carboxylic acids is 1. The van der Waals surface area contributed by atoms with Gasteiger partial charge in [-0.2, -0.15) is 0 Å². The average molecular weight is 311 g/mol. The number of fused-ring (bicyclic) bond motifs is 1. The molecule has 1 aromatic rings. The van der Waals surface area contributed by atoms with E-state index in [1.807, 2.05) is 34.6 Å². The summed E-state index contributed by atoms with van der Waals surface area (Å²) in [6.45, 7) is 9.97. The highest BCUT2D eigenvalue weighted by atomic mass is 32.1. The zero-order chi connectivity index (χ0) is 15.9. The molecule has 5 nitrogen and oxygen atoms in total. The molecule has 1 N–H and O–H groups in total. The molecular formula is C15H21NO4S. The van der Waals surface area contributed by atoms with E-state index in [1.54, 1.807) is 11.0 Å². The topological polar surface area (TPSA) is 66.8 Å². The average Bonchev–Trinajstić information content (AvgIpc) is 2.81. The number of rotatable bonds is 2. The van der Waals surface area contributed by atoms with Crippen LogP contribution in [0.2, 0.25) is 0 Å². The number of ether oxygens (including phenoxy) is 1. The van der Waals surface area contributed by atoms with Gasteiger partial charge in [0.05, 0.1) is 12.6 Å². The molecule has 21 heavy (non-hydrogen) atoms. The summed E-state index contributed by atoms with van der Waals surface area (Å²) in [6, 6.07) is 1.55. The summed E-state index contributed by atoms with van der Waals surface area (Å²) >= 11 is 1.26. The fourth-order valence-electron chi connectivity index (χ4n) is 2.51. The normalized spacial score (nSPS) is 18.0. The molecule has 1 aliphatic rings. The van der Waals surface area contributed by atoms with E-state index in [1.165, 1.54) is 11.3 Å². The second kappa shape index (κ2) is 5.33. The Labute approximate surface area is 128 Å². The number of carbonyl (C=O) groups is 2. The summed E-state index contributed by atoms with van der Waals surface area (Å²) in [5.74, 6) is -0.722. The fourth-order valence-corrected chi connectivity index (χ4v) is 3.81. The predicted molar refractivity (Wildman–Crippen MR) is 80.6 cm³/mol. The van der Waals surface area contributed by atoms with Crippen molar-refractivity contribution in [1.29, 1.82) is 0 Å². The maximum absolute atomic E-state index is 12.4. The molecule has 1 amide bonds. The van der Waals surface area contributed by atoms with E-state index < -0.39 is 11.6 Å². The lowest BCUT2D eigenvalue weighted by Gasteiger charge is -2.30. The first kappa shape index (κ1) is 15.8. The van der Waals surface area contributed by atoms with Crippen LogP contribution in [0.4, 0.5) is 4.79 Å². The summed E-state index contributed by atoms with van der Waals surface area (Å²) in [6.07, 6.45) is -0.346. The zero-order valence-electron chi connectivity index (χ0n) is 13.0. The van der Waals surface area contributed by atoms with Crippen molar-refractivity contribution in [1.82, 2.24) is 4.90 Å². The van der Waals surface area contributed by atoms with Gasteiger partial charge in [-0.15, -0.1) is 11.3 Å². The van der Waals surface area contributed by atoms with E-state index in [9.17, 15) is 9.59 Å². The molecule has 0 aromatic carbocycles. The van der Waals surface area contributed by atoms with Gasteiger partial charge in [0.25, 0.3) is 0 Å². The minimum Gasteiger partial charge on any atom is -0.477 e. The van der Waals surface area contributed by atoms with Crippen molar-refractivity contribution in [3.05, 3.63) is 21.4 Å². The largest absolute Gasteiger partial charge is 0.477 e. The van der Waals surface area contributed by atoms with Crippen molar-refractivity contribution in [2.24, 2.45) is 5.92 Å². The molecule has 0 bridgehead atoms. The minimum absolute atomic E-state index is 0.118. The number of carbonyl (C=O) groups excluding carboxylic acids is 1. The Morgan fingerprint density at radius 1 is 1.43 bits per heavy atom. The fraction of sp³-hybridized carbons (Fsp3) is 0.600. The molecule has 2 rings (SSSR count). The standard InChI is InChI=1S/C15H21NO4S/c1-8(2)11-12-9(6-10(21-12)13(17)18)7-16(11)14(19)20-15(3,4)5/h6,8,11H,7H2,1-5H3,(H,17,18). The Kier molecular flexibility index (Phi) is 4.02. The summed E-state index contributed by atoms with van der Waals surface area (Å²) in [5.41, 5.74) is 0.378. The van der Waals surface area contributed by atoms with Gasteiger partial charge in [-0.3, -0.25) is 4.90 Å². The smallest absolute Gasteiger partial charge is 0.411 e. The SMILES string of the molecule is CC(C)C1c2sc(C(=O)O)cc2CN1C(=O)OC(C)(C)C. The van der Waals surface area contributed by atoms with Crippen LogP contribution in [0.5, 0.6) is 0 Å². The Hall–Kier alpha value is -1.56. The highest BCUT2D eigenvalue weighted by molar-refractivity contribution is 7.14. The molecule has 6 heteroatoms. The van der Waals surface area contributed by atoms with E-state index in [-0.39, 0.29) is 18.1 Å². The van der Waals surface area contributed by atoms with Crippen molar-refractivity contribution in [3.63, 3.8) is 0 Å². The Bertz CT molecular complexity index is 571. The first-order chi connectivity index (χ1) is 9.60. The quantitative estimate of drug-likeness (QED) is 0.899. The van der Waals surface area contributed by atoms with Crippen LogP contribution in [0.15, 0.2) is 6.07 Å². The van der Waals surface area contributed by atoms with Crippen LogP contribution >= 0.6 is 11.3 Å². The van der Waals surface area contributed by atoms with Crippen LogP contribution in [0.25, 0.3) is 0 Å². The van der Waals surface area contributed by atoms with Crippen LogP contribution < -0.4 is 0 Å². The second-order valence-electron chi connectivity index (χ2n) is 6.60. The van der Waals surface area contributed by atoms with Gasteiger partial charge in [-0.25, -0.2) is 9.59 Å². The lowest BCUT2D eigenvalue weighted by atomic mass is 10.0. The van der Waals surface area contributed by atoms with E-state index in [0.717, 1.165) is 10.4 Å². The summed E-state index contributed by atoms with van der Waals surface area (Å²) < 4.78 is 5.46. The van der Waals surface area contributed by atoms with Crippen LogP contribution in [0.3, 0.4) is 0 Å². The monoisotopic (exact) mass is 311 g/mol. The Balaban J connectivity index is 2.28. The highest BCUT2D eigenvalue weighted by Gasteiger charge is 2.39. The van der Waals surface area contributed by atoms with E-state index in [0.29, 0.717) is 11.4 Å². The van der Waals surface area contributed by atoms with E-state index in [2.05, 4.69) is 0 Å². The van der Waals surface area contributed by atoms with Gasteiger partial charge in [0.15, 0.2) is 0 Å². The molecule has 0 spiro atoms. The number of hydrogen-bond acceptors (Lipinski definition) is 4. The van der Waals surface area contributed by atoms with E-state index >= 15 is 0 Å². The Morgan fingerprint density at radius 3 is 2.52 bits per heavy atom. The third-order valence-electron chi connectivity index (χ3n) is 3.26. The molecule has 0 fully saturated rings. The van der Waals surface area contributed by atoms with Crippen molar-refractivity contribution in [2.75, 3.05) is 0 Å². The lowest BCUT2D eigenvalue weighted by Crippen LogP contribution is -2.37. The van der Waals surface area contributed by atoms with Gasteiger partial charge in [0.1, 0.15) is 10.5 Å². The van der Waals surface area contributed by atoms with Crippen LogP contribution in [-0.2, 0) is 11.3 Å². The van der Waals surface area contributed by atoms with Crippen LogP contribution in [0, 0.1) is 5.92 Å². The molecule has 0 saturated heterocycles. The van der Waals surface area contributed by atoms with Crippen LogP contribution in [0.1, 0.15) is 60.8 Å². The molecule has 2 heterocycles. The van der Waals surface area contributed by atoms with Gasteiger partial charge < -0.3 is 9.84 Å². The number of hydrogen-bond donors (Lipinski definition) is 1. The van der Waals surface area contributed by atoms with Crippen molar-refractivity contribution in [2.45, 2.75) is 52.8 Å². The maximum Gasteiger partial charge on any atom is 0.411 e. The number of carboxylic acid groups (broad SMARTS) is 1. The predicted octanol–water partition coefficient (Wildman–Crippen LogP) is 3.89. The number of amides is 1. The van der Waals surface area contributed by atoms with Crippen molar-refractivity contribution >= 4 is 23.4 Å². The molecule has 116 valence electrons. The number of thiophene rings is 1. The molecular weight excluding hydrogens is 290 g/mol. The lowest BCUT2D eigenvalue weighted by molar-refractivity contribution is 0.0129. The summed E-state index contributed by atoms with van der Waals surface area (Å²) in [7, 11) is 0. The van der Waals surface area contributed by atoms with Gasteiger partial charge in [-0.1, -0.05) is 13.8 Å². The first-order valence-electron chi connectivity index (χ1n) is 6.95. The van der Waals surface area contributed by atoms with Gasteiger partial charge in [-0.05, 0) is 38.3 Å². The van der Waals surface area contributed by atoms with Crippen LogP contribution in [-0.4, -0.2) is 27.7 Å². The van der Waals surface area contributed by atoms with Gasteiger partial charge in [0, 0.05) is 4.88 Å². The Morgan fingerprint density at radius 2 is 2.05 bits per heavy atom. The zero-order valence-corrected chi connectivity index (χ0v) is 13.8. The van der Waals surface area contributed by atoms with Gasteiger partial charge >= 0.3 is 12.1 Å². The van der Waals surface area contributed by atoms with Gasteiger partial charge in [0.2, 0.25) is 0 Å². The molecule has 0 aliphatic carbocycles. The third-order valence-corrected chi connectivity index (χ3v) is 4.49. The number of aromatic carboxylic acids is 1. The van der Waals surface area contributed by atoms with Crippen molar-refractivity contribution < 1.29 is 19.4 Å². The highest BCUT2D eigenvalue weighted by Crippen LogP contribution is 2.44. The summed E-state index contributed by atoms with van der Waals surface area (Å²) in [4.78, 5) is 26.4. The molecule has 1 unspecified atom stereocenters. The molecule has 0 saturated carbocycles. The molecule has 1 aromatic heterocycles. The number of nitrogens with zero attached hydrogens (tertiary/aromatic N) is 1. The molecule has 1 atom stereocenters. The minimum atomic E-state index is -0.916. The second-order valence-corrected chi connectivity index (χ2v) is 7.69. The first-order valence-corrected chi connectivity index (χ1v) is 7.77. The van der Waals surface area contributed by atoms with Crippen molar-refractivity contribution in [3.8, 4) is 0 Å². The summed E-state index contributed by atoms with van der Waals surface area (Å²) in [5, 5.41) is 9.10. The van der Waals surface area contributed by atoms with E-state index in [4.69, 9.17) is 9.84 Å². The molecule has 0 radical (unpaired) electrons. The molecule has 1 aliphatic heterocycles. The third kappa shape index (κ3) is 3.20.